The van der Waals surface area contributed by atoms with Crippen molar-refractivity contribution in [2.75, 3.05) is 18.4 Å². The van der Waals surface area contributed by atoms with E-state index in [1.54, 1.807) is 30.3 Å². The van der Waals surface area contributed by atoms with Gasteiger partial charge in [0.1, 0.15) is 26.9 Å². The van der Waals surface area contributed by atoms with Crippen molar-refractivity contribution in [3.8, 4) is 21.8 Å². The molecule has 2 aromatic carbocycles. The number of aromatic nitrogens is 3. The van der Waals surface area contributed by atoms with E-state index < -0.39 is 0 Å². The van der Waals surface area contributed by atoms with Gasteiger partial charge in [-0.25, -0.2) is 19.3 Å². The number of pyridine rings is 2. The number of para-hydroxylation sites is 1. The van der Waals surface area contributed by atoms with Gasteiger partial charge in [0.25, 0.3) is 5.91 Å². The molecule has 1 N–H and O–H groups in total. The van der Waals surface area contributed by atoms with Crippen LogP contribution in [0.15, 0.2) is 79.0 Å². The van der Waals surface area contributed by atoms with E-state index >= 15 is 0 Å². The molecule has 3 aromatic heterocycles. The van der Waals surface area contributed by atoms with Crippen LogP contribution in [0.1, 0.15) is 28.9 Å². The highest BCUT2D eigenvalue weighted by Crippen LogP contribution is 2.34. The lowest BCUT2D eigenvalue weighted by Gasteiger charge is -2.13. The molecular formula is C29H24FN5OS. The Hall–Kier alpha value is -4.01. The monoisotopic (exact) mass is 509 g/mol. The van der Waals surface area contributed by atoms with Crippen molar-refractivity contribution in [3.63, 3.8) is 0 Å². The summed E-state index contributed by atoms with van der Waals surface area (Å²) in [6, 6.07) is 21.0. The summed E-state index contributed by atoms with van der Waals surface area (Å²) in [5, 5.41) is 3.77. The average Bonchev–Trinajstić information content (AvgIpc) is 3.59. The number of hydrogen-bond acceptors (Lipinski definition) is 6. The largest absolute Gasteiger partial charge is 0.320 e. The number of fused-ring (bicyclic) bond motifs is 1. The van der Waals surface area contributed by atoms with E-state index in [0.29, 0.717) is 16.9 Å². The molecule has 0 radical (unpaired) electrons. The normalized spacial score (nSPS) is 13.8. The van der Waals surface area contributed by atoms with Gasteiger partial charge in [-0.05, 0) is 74.0 Å². The number of anilines is 1. The van der Waals surface area contributed by atoms with Gasteiger partial charge >= 0.3 is 0 Å². The fourth-order valence-corrected chi connectivity index (χ4v) is 5.53. The van der Waals surface area contributed by atoms with Crippen LogP contribution in [0.3, 0.4) is 0 Å². The van der Waals surface area contributed by atoms with Crippen LogP contribution in [-0.2, 0) is 6.54 Å². The Balaban J connectivity index is 1.26. The van der Waals surface area contributed by atoms with Gasteiger partial charge < -0.3 is 5.32 Å². The van der Waals surface area contributed by atoms with Crippen LogP contribution in [0.5, 0.6) is 0 Å². The zero-order valence-corrected chi connectivity index (χ0v) is 20.8. The topological polar surface area (TPSA) is 71.0 Å². The molecule has 6 nitrogen and oxygen atoms in total. The van der Waals surface area contributed by atoms with Gasteiger partial charge in [0.15, 0.2) is 0 Å². The molecule has 0 saturated carbocycles. The second-order valence-electron chi connectivity index (χ2n) is 9.09. The molecule has 0 unspecified atom stereocenters. The quantitative estimate of drug-likeness (QED) is 0.287. The molecule has 1 aliphatic heterocycles. The molecule has 1 saturated heterocycles. The van der Waals surface area contributed by atoms with Gasteiger partial charge in [0, 0.05) is 23.9 Å². The molecule has 0 spiro atoms. The van der Waals surface area contributed by atoms with Crippen LogP contribution in [-0.4, -0.2) is 38.8 Å². The highest BCUT2D eigenvalue weighted by Gasteiger charge is 2.17. The van der Waals surface area contributed by atoms with Gasteiger partial charge in [-0.3, -0.25) is 9.69 Å². The average molecular weight is 510 g/mol. The van der Waals surface area contributed by atoms with Crippen LogP contribution in [0.25, 0.3) is 32.2 Å². The predicted octanol–water partition coefficient (Wildman–Crippen LogP) is 6.41. The van der Waals surface area contributed by atoms with Crippen molar-refractivity contribution in [3.05, 3.63) is 96.1 Å². The number of rotatable bonds is 6. The maximum atomic E-state index is 13.7. The van der Waals surface area contributed by atoms with Gasteiger partial charge in [-0.1, -0.05) is 41.7 Å². The maximum absolute atomic E-state index is 13.7. The maximum Gasteiger partial charge on any atom is 0.274 e. The van der Waals surface area contributed by atoms with Crippen LogP contribution in [0.2, 0.25) is 0 Å². The van der Waals surface area contributed by atoms with Crippen LogP contribution >= 0.6 is 11.3 Å². The first-order valence-corrected chi connectivity index (χ1v) is 13.1. The molecule has 184 valence electrons. The fourth-order valence-electron chi connectivity index (χ4n) is 4.60. The summed E-state index contributed by atoms with van der Waals surface area (Å²) in [4.78, 5) is 30.4. The van der Waals surface area contributed by atoms with Crippen LogP contribution < -0.4 is 5.32 Å². The number of halogens is 1. The van der Waals surface area contributed by atoms with E-state index in [0.717, 1.165) is 46.1 Å². The standard InChI is InChI=1S/C29H24FN5OS/c30-21-8-5-7-20(16-21)23-11-6-12-25(32-23)27(36)33-24-10-2-1-9-22(24)28-34-26-15-19(17-31-29(26)37-28)18-35-13-3-4-14-35/h1-2,5-12,15-17H,3-4,13-14,18H2,(H,33,36). The van der Waals surface area contributed by atoms with Crippen molar-refractivity contribution < 1.29 is 9.18 Å². The first-order chi connectivity index (χ1) is 18.1. The molecule has 8 heteroatoms. The smallest absolute Gasteiger partial charge is 0.274 e. The van der Waals surface area contributed by atoms with Crippen molar-refractivity contribution in [1.82, 2.24) is 19.9 Å². The Labute approximate surface area is 217 Å². The number of carbonyl (C=O) groups excluding carboxylic acids is 1. The van der Waals surface area contributed by atoms with Gasteiger partial charge in [0.05, 0.1) is 11.4 Å². The Morgan fingerprint density at radius 3 is 2.68 bits per heavy atom. The first kappa shape index (κ1) is 23.4. The minimum atomic E-state index is -0.350. The Kier molecular flexibility index (Phi) is 6.42. The number of benzene rings is 2. The van der Waals surface area contributed by atoms with Crippen molar-refractivity contribution in [2.24, 2.45) is 0 Å². The minimum absolute atomic E-state index is 0.245. The molecule has 5 aromatic rings. The zero-order valence-electron chi connectivity index (χ0n) is 20.0. The molecule has 1 amide bonds. The summed E-state index contributed by atoms with van der Waals surface area (Å²) >= 11 is 1.50. The Bertz CT molecular complexity index is 1590. The first-order valence-electron chi connectivity index (χ1n) is 12.2. The second kappa shape index (κ2) is 10.2. The molecular weight excluding hydrogens is 485 g/mol. The molecule has 0 bridgehead atoms. The van der Waals surface area contributed by atoms with Crippen molar-refractivity contribution >= 4 is 33.3 Å². The molecule has 0 atom stereocenters. The predicted molar refractivity (Wildman–Crippen MR) is 145 cm³/mol. The third kappa shape index (κ3) is 5.12. The fraction of sp³-hybridized carbons (Fsp3) is 0.172. The molecule has 1 aliphatic rings. The number of likely N-dealkylation sites (tertiary alicyclic amines) is 1. The van der Waals surface area contributed by atoms with Crippen molar-refractivity contribution in [1.29, 1.82) is 0 Å². The van der Waals surface area contributed by atoms with Crippen LogP contribution in [0.4, 0.5) is 10.1 Å². The number of carbonyl (C=O) groups is 1. The lowest BCUT2D eigenvalue weighted by molar-refractivity contribution is 0.102. The molecule has 37 heavy (non-hydrogen) atoms. The molecule has 6 rings (SSSR count). The second-order valence-corrected chi connectivity index (χ2v) is 10.1. The van der Waals surface area contributed by atoms with E-state index in [2.05, 4.69) is 26.3 Å². The van der Waals surface area contributed by atoms with Crippen LogP contribution in [0, 0.1) is 5.82 Å². The number of hydrogen-bond donors (Lipinski definition) is 1. The molecule has 4 heterocycles. The zero-order chi connectivity index (χ0) is 25.2. The van der Waals surface area contributed by atoms with Gasteiger partial charge in [-0.15, -0.1) is 0 Å². The van der Waals surface area contributed by atoms with E-state index in [4.69, 9.17) is 4.98 Å². The summed E-state index contributed by atoms with van der Waals surface area (Å²) in [5.74, 6) is -0.700. The third-order valence-electron chi connectivity index (χ3n) is 6.42. The lowest BCUT2D eigenvalue weighted by Crippen LogP contribution is -2.18. The highest BCUT2D eigenvalue weighted by molar-refractivity contribution is 7.21. The summed E-state index contributed by atoms with van der Waals surface area (Å²) in [7, 11) is 0. The van der Waals surface area contributed by atoms with Gasteiger partial charge in [0.2, 0.25) is 0 Å². The molecule has 1 fully saturated rings. The number of amides is 1. The third-order valence-corrected chi connectivity index (χ3v) is 7.43. The van der Waals surface area contributed by atoms with E-state index in [9.17, 15) is 9.18 Å². The Morgan fingerprint density at radius 1 is 0.973 bits per heavy atom. The summed E-state index contributed by atoms with van der Waals surface area (Å²) in [5.41, 5.74) is 4.88. The minimum Gasteiger partial charge on any atom is -0.320 e. The van der Waals surface area contributed by atoms with E-state index in [1.165, 1.54) is 36.3 Å². The van der Waals surface area contributed by atoms with Crippen molar-refractivity contribution in [2.45, 2.75) is 19.4 Å². The highest BCUT2D eigenvalue weighted by atomic mass is 32.1. The van der Waals surface area contributed by atoms with E-state index in [-0.39, 0.29) is 17.4 Å². The lowest BCUT2D eigenvalue weighted by atomic mass is 10.1. The number of nitrogens with zero attached hydrogens (tertiary/aromatic N) is 4. The number of nitrogens with one attached hydrogen (secondary N) is 1. The number of thiazole rings is 1. The SMILES string of the molecule is O=C(Nc1ccccc1-c1nc2cc(CN3CCCC3)cnc2s1)c1cccc(-c2cccc(F)c2)n1. The summed E-state index contributed by atoms with van der Waals surface area (Å²) in [6.45, 7) is 3.16. The molecule has 0 aliphatic carbocycles. The summed E-state index contributed by atoms with van der Waals surface area (Å²) in [6.07, 6.45) is 4.45. The summed E-state index contributed by atoms with van der Waals surface area (Å²) < 4.78 is 13.7. The van der Waals surface area contributed by atoms with E-state index in [1.807, 2.05) is 30.5 Å². The Morgan fingerprint density at radius 2 is 1.81 bits per heavy atom. The van der Waals surface area contributed by atoms with Gasteiger partial charge in [-0.2, -0.15) is 0 Å².